The van der Waals surface area contributed by atoms with Gasteiger partial charge in [-0.25, -0.2) is 9.37 Å². The van der Waals surface area contributed by atoms with E-state index in [4.69, 9.17) is 0 Å². The van der Waals surface area contributed by atoms with E-state index in [1.165, 1.54) is 18.5 Å². The Morgan fingerprint density at radius 3 is 2.68 bits per heavy atom. The van der Waals surface area contributed by atoms with Crippen molar-refractivity contribution in [2.75, 3.05) is 13.1 Å². The third kappa shape index (κ3) is 4.94. The van der Waals surface area contributed by atoms with Crippen LogP contribution in [0.2, 0.25) is 0 Å². The molecule has 0 bridgehead atoms. The number of amides is 2. The van der Waals surface area contributed by atoms with Crippen LogP contribution in [0, 0.1) is 11.7 Å². The zero-order valence-corrected chi connectivity index (χ0v) is 16.3. The Morgan fingerprint density at radius 2 is 2.04 bits per heavy atom. The van der Waals surface area contributed by atoms with Crippen molar-refractivity contribution in [1.29, 1.82) is 0 Å². The molecule has 8 heteroatoms. The summed E-state index contributed by atoms with van der Waals surface area (Å²) in [7, 11) is 0. The highest BCUT2D eigenvalue weighted by Crippen LogP contribution is 2.21. The largest absolute Gasteiger partial charge is 0.340 e. The highest BCUT2D eigenvalue weighted by molar-refractivity contribution is 5.80. The fraction of sp³-hybridized carbons (Fsp3) is 0.500. The second-order valence-corrected chi connectivity index (χ2v) is 7.46. The molecule has 0 unspecified atom stereocenters. The summed E-state index contributed by atoms with van der Waals surface area (Å²) in [5.74, 6) is -0.0733. The monoisotopic (exact) mass is 387 g/mol. The molecule has 0 saturated carbocycles. The number of hydrogen-bond acceptors (Lipinski definition) is 4. The molecule has 1 fully saturated rings. The van der Waals surface area contributed by atoms with Gasteiger partial charge in [-0.1, -0.05) is 26.0 Å². The first kappa shape index (κ1) is 20.0. The standard InChI is InChI=1S/C20H26FN5O2/c1-15(2)18-12-24(19(27)8-10-25-14-22-13-23-25)9-7-20(28)26(18)11-16-3-5-17(21)6-4-16/h3-6,13-15,18H,7-12H2,1-2H3/t18-/m0/s1. The summed E-state index contributed by atoms with van der Waals surface area (Å²) in [6, 6.07) is 6.12. The molecule has 1 aliphatic heterocycles. The third-order valence-electron chi connectivity index (χ3n) is 5.13. The van der Waals surface area contributed by atoms with Crippen LogP contribution in [0.25, 0.3) is 0 Å². The van der Waals surface area contributed by atoms with E-state index in [2.05, 4.69) is 23.9 Å². The second-order valence-electron chi connectivity index (χ2n) is 7.46. The van der Waals surface area contributed by atoms with Crippen molar-refractivity contribution in [3.63, 3.8) is 0 Å². The number of aryl methyl sites for hydroxylation is 1. The number of carbonyl (C=O) groups is 2. The van der Waals surface area contributed by atoms with Gasteiger partial charge in [0.1, 0.15) is 18.5 Å². The molecular formula is C20H26FN5O2. The Bertz CT molecular complexity index is 791. The van der Waals surface area contributed by atoms with Gasteiger partial charge >= 0.3 is 0 Å². The van der Waals surface area contributed by atoms with Gasteiger partial charge in [0, 0.05) is 32.5 Å². The van der Waals surface area contributed by atoms with Crippen LogP contribution < -0.4 is 0 Å². The number of aromatic nitrogens is 3. The minimum Gasteiger partial charge on any atom is -0.340 e. The predicted molar refractivity (Wildman–Crippen MR) is 101 cm³/mol. The van der Waals surface area contributed by atoms with E-state index in [-0.39, 0.29) is 29.6 Å². The van der Waals surface area contributed by atoms with Gasteiger partial charge in [-0.15, -0.1) is 0 Å². The van der Waals surface area contributed by atoms with Crippen LogP contribution in [0.1, 0.15) is 32.3 Å². The highest BCUT2D eigenvalue weighted by atomic mass is 19.1. The molecule has 0 aliphatic carbocycles. The summed E-state index contributed by atoms with van der Waals surface area (Å²) >= 11 is 0. The molecule has 2 amide bonds. The SMILES string of the molecule is CC(C)[C@@H]1CN(C(=O)CCn2cncn2)CCC(=O)N1Cc1ccc(F)cc1. The van der Waals surface area contributed by atoms with Gasteiger partial charge in [0.05, 0.1) is 12.6 Å². The van der Waals surface area contributed by atoms with Crippen LogP contribution in [-0.4, -0.2) is 55.5 Å². The lowest BCUT2D eigenvalue weighted by molar-refractivity contribution is -0.134. The Kier molecular flexibility index (Phi) is 6.38. The molecule has 1 aromatic carbocycles. The fourth-order valence-electron chi connectivity index (χ4n) is 3.48. The van der Waals surface area contributed by atoms with Gasteiger partial charge in [-0.05, 0) is 23.6 Å². The van der Waals surface area contributed by atoms with E-state index in [9.17, 15) is 14.0 Å². The molecule has 2 aromatic rings. The molecule has 3 rings (SSSR count). The van der Waals surface area contributed by atoms with Gasteiger partial charge in [-0.2, -0.15) is 5.10 Å². The lowest BCUT2D eigenvalue weighted by atomic mass is 10.0. The number of halogens is 1. The maximum absolute atomic E-state index is 13.2. The van der Waals surface area contributed by atoms with Crippen molar-refractivity contribution in [2.24, 2.45) is 5.92 Å². The second kappa shape index (κ2) is 8.95. The first-order valence-electron chi connectivity index (χ1n) is 9.58. The van der Waals surface area contributed by atoms with Gasteiger partial charge in [0.2, 0.25) is 11.8 Å². The van der Waals surface area contributed by atoms with Gasteiger partial charge < -0.3 is 9.80 Å². The summed E-state index contributed by atoms with van der Waals surface area (Å²) in [5, 5.41) is 4.02. The molecule has 1 saturated heterocycles. The van der Waals surface area contributed by atoms with Gasteiger partial charge in [0.15, 0.2) is 0 Å². The third-order valence-corrected chi connectivity index (χ3v) is 5.13. The average Bonchev–Trinajstić information content (AvgIpc) is 3.13. The van der Waals surface area contributed by atoms with Crippen molar-refractivity contribution in [1.82, 2.24) is 24.6 Å². The van der Waals surface area contributed by atoms with E-state index in [1.54, 1.807) is 28.0 Å². The molecule has 1 aromatic heterocycles. The number of hydrogen-bond donors (Lipinski definition) is 0. The van der Waals surface area contributed by atoms with E-state index >= 15 is 0 Å². The van der Waals surface area contributed by atoms with Crippen LogP contribution in [0.15, 0.2) is 36.9 Å². The van der Waals surface area contributed by atoms with E-state index in [0.29, 0.717) is 39.0 Å². The summed E-state index contributed by atoms with van der Waals surface area (Å²) in [4.78, 5) is 33.0. The molecule has 1 atom stereocenters. The minimum atomic E-state index is -0.296. The number of rotatable bonds is 6. The molecule has 0 radical (unpaired) electrons. The maximum Gasteiger partial charge on any atom is 0.224 e. The molecule has 150 valence electrons. The summed E-state index contributed by atoms with van der Waals surface area (Å²) < 4.78 is 14.8. The van der Waals surface area contributed by atoms with E-state index in [1.807, 2.05) is 4.90 Å². The maximum atomic E-state index is 13.2. The Hall–Kier alpha value is -2.77. The Morgan fingerprint density at radius 1 is 1.29 bits per heavy atom. The predicted octanol–water partition coefficient (Wildman–Crippen LogP) is 2.09. The van der Waals surface area contributed by atoms with Crippen LogP contribution in [0.3, 0.4) is 0 Å². The molecule has 28 heavy (non-hydrogen) atoms. The van der Waals surface area contributed by atoms with Crippen LogP contribution in [0.5, 0.6) is 0 Å². The topological polar surface area (TPSA) is 71.3 Å². The van der Waals surface area contributed by atoms with Gasteiger partial charge in [-0.3, -0.25) is 14.3 Å². The molecule has 7 nitrogen and oxygen atoms in total. The average molecular weight is 387 g/mol. The number of benzene rings is 1. The summed E-state index contributed by atoms with van der Waals surface area (Å²) in [6.45, 7) is 5.91. The smallest absolute Gasteiger partial charge is 0.224 e. The van der Waals surface area contributed by atoms with Crippen molar-refractivity contribution in [3.05, 3.63) is 48.3 Å². The van der Waals surface area contributed by atoms with Crippen LogP contribution in [0.4, 0.5) is 4.39 Å². The summed E-state index contributed by atoms with van der Waals surface area (Å²) in [5.41, 5.74) is 0.881. The molecule has 1 aliphatic rings. The summed E-state index contributed by atoms with van der Waals surface area (Å²) in [6.07, 6.45) is 3.64. The number of nitrogens with zero attached hydrogens (tertiary/aromatic N) is 5. The Labute approximate surface area is 164 Å². The molecular weight excluding hydrogens is 361 g/mol. The lowest BCUT2D eigenvalue weighted by Crippen LogP contribution is -2.47. The fourth-order valence-corrected chi connectivity index (χ4v) is 3.48. The van der Waals surface area contributed by atoms with Crippen LogP contribution in [-0.2, 0) is 22.7 Å². The van der Waals surface area contributed by atoms with Gasteiger partial charge in [0.25, 0.3) is 0 Å². The first-order chi connectivity index (χ1) is 13.4. The quantitative estimate of drug-likeness (QED) is 0.761. The zero-order valence-electron chi connectivity index (χ0n) is 16.3. The lowest BCUT2D eigenvalue weighted by Gasteiger charge is -2.34. The minimum absolute atomic E-state index is 0.0117. The van der Waals surface area contributed by atoms with Crippen molar-refractivity contribution < 1.29 is 14.0 Å². The molecule has 2 heterocycles. The van der Waals surface area contributed by atoms with Crippen molar-refractivity contribution in [3.8, 4) is 0 Å². The first-order valence-corrected chi connectivity index (χ1v) is 9.58. The van der Waals surface area contributed by atoms with Crippen molar-refractivity contribution in [2.45, 2.75) is 45.8 Å². The highest BCUT2D eigenvalue weighted by Gasteiger charge is 2.33. The van der Waals surface area contributed by atoms with Crippen molar-refractivity contribution >= 4 is 11.8 Å². The van der Waals surface area contributed by atoms with E-state index < -0.39 is 0 Å². The molecule has 0 N–H and O–H groups in total. The van der Waals surface area contributed by atoms with E-state index in [0.717, 1.165) is 5.56 Å². The normalized spacial score (nSPS) is 17.9. The molecule has 0 spiro atoms. The Balaban J connectivity index is 1.70. The van der Waals surface area contributed by atoms with Crippen LogP contribution >= 0.6 is 0 Å². The number of carbonyl (C=O) groups excluding carboxylic acids is 2. The zero-order chi connectivity index (χ0) is 20.1.